The van der Waals surface area contributed by atoms with E-state index in [2.05, 4.69) is 21.8 Å². The van der Waals surface area contributed by atoms with Gasteiger partial charge in [0, 0.05) is 19.2 Å². The molecule has 0 spiro atoms. The fourth-order valence-corrected chi connectivity index (χ4v) is 2.07. The monoisotopic (exact) mass is 236 g/mol. The molecule has 0 bridgehead atoms. The van der Waals surface area contributed by atoms with Gasteiger partial charge in [0.15, 0.2) is 0 Å². The van der Waals surface area contributed by atoms with E-state index < -0.39 is 0 Å². The lowest BCUT2D eigenvalue weighted by atomic mass is 9.85. The van der Waals surface area contributed by atoms with Gasteiger partial charge in [-0.2, -0.15) is 9.97 Å². The van der Waals surface area contributed by atoms with Crippen molar-refractivity contribution >= 4 is 11.8 Å². The normalized spacial score (nSPS) is 15.4. The molecule has 0 aliphatic heterocycles. The number of ether oxygens (including phenoxy) is 1. The summed E-state index contributed by atoms with van der Waals surface area (Å²) >= 11 is 0. The SMILES string of the molecule is CCN(CC1CCC1)c1cc(OC)nc(N)n1. The third kappa shape index (κ3) is 2.78. The molecule has 5 nitrogen and oxygen atoms in total. The zero-order chi connectivity index (χ0) is 12.3. The predicted molar refractivity (Wildman–Crippen MR) is 68.2 cm³/mol. The van der Waals surface area contributed by atoms with Crippen molar-refractivity contribution in [1.29, 1.82) is 0 Å². The second-order valence-corrected chi connectivity index (χ2v) is 4.46. The number of nitrogen functional groups attached to an aromatic ring is 1. The highest BCUT2D eigenvalue weighted by Crippen LogP contribution is 2.29. The van der Waals surface area contributed by atoms with E-state index in [0.717, 1.165) is 24.8 Å². The van der Waals surface area contributed by atoms with Gasteiger partial charge in [0.25, 0.3) is 0 Å². The van der Waals surface area contributed by atoms with Crippen LogP contribution in [0.3, 0.4) is 0 Å². The highest BCUT2D eigenvalue weighted by molar-refractivity contribution is 5.45. The number of methoxy groups -OCH3 is 1. The molecule has 0 aromatic carbocycles. The van der Waals surface area contributed by atoms with E-state index in [4.69, 9.17) is 10.5 Å². The van der Waals surface area contributed by atoms with E-state index in [1.54, 1.807) is 7.11 Å². The molecule has 17 heavy (non-hydrogen) atoms. The summed E-state index contributed by atoms with van der Waals surface area (Å²) in [5, 5.41) is 0. The molecule has 0 atom stereocenters. The van der Waals surface area contributed by atoms with E-state index >= 15 is 0 Å². The molecule has 0 saturated heterocycles. The molecule has 5 heteroatoms. The van der Waals surface area contributed by atoms with E-state index in [1.807, 2.05) is 6.07 Å². The molecule has 0 amide bonds. The zero-order valence-electron chi connectivity index (χ0n) is 10.5. The molecule has 1 aromatic rings. The Balaban J connectivity index is 2.13. The molecule has 0 radical (unpaired) electrons. The summed E-state index contributed by atoms with van der Waals surface area (Å²) in [4.78, 5) is 10.5. The molecule has 2 N–H and O–H groups in total. The van der Waals surface area contributed by atoms with Crippen LogP contribution in [0.2, 0.25) is 0 Å². The second kappa shape index (κ2) is 5.21. The van der Waals surface area contributed by atoms with Crippen LogP contribution in [-0.2, 0) is 0 Å². The number of hydrogen-bond donors (Lipinski definition) is 1. The Morgan fingerprint density at radius 3 is 2.76 bits per heavy atom. The molecular weight excluding hydrogens is 216 g/mol. The van der Waals surface area contributed by atoms with Crippen molar-refractivity contribution in [2.24, 2.45) is 5.92 Å². The Morgan fingerprint density at radius 2 is 2.24 bits per heavy atom. The van der Waals surface area contributed by atoms with Gasteiger partial charge in [0.2, 0.25) is 11.8 Å². The molecule has 1 aliphatic rings. The zero-order valence-corrected chi connectivity index (χ0v) is 10.5. The number of nitrogens with zero attached hydrogens (tertiary/aromatic N) is 3. The molecule has 1 saturated carbocycles. The van der Waals surface area contributed by atoms with Crippen LogP contribution in [0.4, 0.5) is 11.8 Å². The van der Waals surface area contributed by atoms with Gasteiger partial charge >= 0.3 is 0 Å². The van der Waals surface area contributed by atoms with Gasteiger partial charge in [-0.3, -0.25) is 0 Å². The Labute approximate surface area is 102 Å². The Morgan fingerprint density at radius 1 is 1.47 bits per heavy atom. The first-order valence-electron chi connectivity index (χ1n) is 6.16. The Kier molecular flexibility index (Phi) is 3.66. The minimum atomic E-state index is 0.270. The summed E-state index contributed by atoms with van der Waals surface area (Å²) in [5.74, 6) is 2.46. The summed E-state index contributed by atoms with van der Waals surface area (Å²) in [6.07, 6.45) is 4.01. The van der Waals surface area contributed by atoms with Crippen LogP contribution < -0.4 is 15.4 Å². The number of aromatic nitrogens is 2. The number of hydrogen-bond acceptors (Lipinski definition) is 5. The summed E-state index contributed by atoms with van der Waals surface area (Å²) in [6.45, 7) is 4.11. The van der Waals surface area contributed by atoms with Crippen molar-refractivity contribution in [2.45, 2.75) is 26.2 Å². The molecule has 1 aliphatic carbocycles. The summed E-state index contributed by atoms with van der Waals surface area (Å²) < 4.78 is 5.12. The van der Waals surface area contributed by atoms with Crippen LogP contribution in [0.25, 0.3) is 0 Å². The molecule has 1 aromatic heterocycles. The first kappa shape index (κ1) is 12.0. The van der Waals surface area contributed by atoms with Gasteiger partial charge in [0.1, 0.15) is 5.82 Å². The number of nitrogens with two attached hydrogens (primary N) is 1. The maximum atomic E-state index is 5.68. The summed E-state index contributed by atoms with van der Waals surface area (Å²) in [5.41, 5.74) is 5.68. The van der Waals surface area contributed by atoms with Crippen LogP contribution in [0.15, 0.2) is 6.07 Å². The minimum Gasteiger partial charge on any atom is -0.481 e. The third-order valence-electron chi connectivity index (χ3n) is 3.32. The van der Waals surface area contributed by atoms with Gasteiger partial charge in [0.05, 0.1) is 7.11 Å². The van der Waals surface area contributed by atoms with E-state index in [9.17, 15) is 0 Å². The van der Waals surface area contributed by atoms with Gasteiger partial charge < -0.3 is 15.4 Å². The highest BCUT2D eigenvalue weighted by atomic mass is 16.5. The van der Waals surface area contributed by atoms with Gasteiger partial charge in [-0.1, -0.05) is 6.42 Å². The van der Waals surface area contributed by atoms with Crippen LogP contribution in [0, 0.1) is 5.92 Å². The second-order valence-electron chi connectivity index (χ2n) is 4.46. The standard InChI is InChI=1S/C12H20N4O/c1-3-16(8-9-5-4-6-9)10-7-11(17-2)15-12(13)14-10/h7,9H,3-6,8H2,1-2H3,(H2,13,14,15). The summed E-state index contributed by atoms with van der Waals surface area (Å²) in [7, 11) is 1.59. The van der Waals surface area contributed by atoms with Crippen LogP contribution in [-0.4, -0.2) is 30.2 Å². The maximum Gasteiger partial charge on any atom is 0.225 e. The quantitative estimate of drug-likeness (QED) is 0.843. The molecule has 1 heterocycles. The third-order valence-corrected chi connectivity index (χ3v) is 3.32. The van der Waals surface area contributed by atoms with Crippen molar-refractivity contribution < 1.29 is 4.74 Å². The lowest BCUT2D eigenvalue weighted by Gasteiger charge is -2.32. The molecule has 0 unspecified atom stereocenters. The van der Waals surface area contributed by atoms with Crippen molar-refractivity contribution in [3.05, 3.63) is 6.07 Å². The number of rotatable bonds is 5. The minimum absolute atomic E-state index is 0.270. The Bertz CT molecular complexity index is 379. The average molecular weight is 236 g/mol. The lowest BCUT2D eigenvalue weighted by Crippen LogP contribution is -2.33. The van der Waals surface area contributed by atoms with Gasteiger partial charge in [-0.15, -0.1) is 0 Å². The lowest BCUT2D eigenvalue weighted by molar-refractivity contribution is 0.318. The Hall–Kier alpha value is -1.52. The van der Waals surface area contributed by atoms with Crippen LogP contribution in [0.1, 0.15) is 26.2 Å². The topological polar surface area (TPSA) is 64.3 Å². The number of anilines is 2. The van der Waals surface area contributed by atoms with E-state index in [1.165, 1.54) is 19.3 Å². The van der Waals surface area contributed by atoms with Crippen molar-refractivity contribution in [3.8, 4) is 5.88 Å². The molecular formula is C12H20N4O. The van der Waals surface area contributed by atoms with Gasteiger partial charge in [-0.05, 0) is 25.7 Å². The van der Waals surface area contributed by atoms with Crippen molar-refractivity contribution in [3.63, 3.8) is 0 Å². The van der Waals surface area contributed by atoms with Gasteiger partial charge in [-0.25, -0.2) is 0 Å². The largest absolute Gasteiger partial charge is 0.481 e. The van der Waals surface area contributed by atoms with Crippen molar-refractivity contribution in [1.82, 2.24) is 9.97 Å². The fraction of sp³-hybridized carbons (Fsp3) is 0.667. The maximum absolute atomic E-state index is 5.68. The van der Waals surface area contributed by atoms with Crippen LogP contribution >= 0.6 is 0 Å². The van der Waals surface area contributed by atoms with Crippen LogP contribution in [0.5, 0.6) is 5.88 Å². The summed E-state index contributed by atoms with van der Waals surface area (Å²) in [6, 6.07) is 1.85. The molecule has 1 fully saturated rings. The first-order chi connectivity index (χ1) is 8.22. The van der Waals surface area contributed by atoms with E-state index in [0.29, 0.717) is 5.88 Å². The first-order valence-corrected chi connectivity index (χ1v) is 6.16. The highest BCUT2D eigenvalue weighted by Gasteiger charge is 2.21. The molecule has 94 valence electrons. The predicted octanol–water partition coefficient (Wildman–Crippen LogP) is 1.69. The van der Waals surface area contributed by atoms with E-state index in [-0.39, 0.29) is 5.95 Å². The smallest absolute Gasteiger partial charge is 0.225 e. The van der Waals surface area contributed by atoms with Crippen molar-refractivity contribution in [2.75, 3.05) is 30.8 Å². The average Bonchev–Trinajstić information content (AvgIpc) is 2.27. The fourth-order valence-electron chi connectivity index (χ4n) is 2.07. The molecule has 2 rings (SSSR count).